The van der Waals surface area contributed by atoms with Gasteiger partial charge in [0.2, 0.25) is 5.91 Å². The molecule has 3 rings (SSSR count). The summed E-state index contributed by atoms with van der Waals surface area (Å²) in [6, 6.07) is 9.57. The number of nitrogens with one attached hydrogen (secondary N) is 2. The summed E-state index contributed by atoms with van der Waals surface area (Å²) in [6.45, 7) is 3.95. The zero-order chi connectivity index (χ0) is 23.3. The molecule has 0 radical (unpaired) electrons. The summed E-state index contributed by atoms with van der Waals surface area (Å²) in [7, 11) is -2.26. The highest BCUT2D eigenvalue weighted by molar-refractivity contribution is 7.92. The van der Waals surface area contributed by atoms with Gasteiger partial charge >= 0.3 is 0 Å². The van der Waals surface area contributed by atoms with Crippen molar-refractivity contribution in [3.8, 4) is 17.2 Å². The molecule has 0 saturated heterocycles. The Bertz CT molecular complexity index is 1120. The van der Waals surface area contributed by atoms with Crippen LogP contribution >= 0.6 is 0 Å². The molecular weight excluding hydrogens is 436 g/mol. The third-order valence-electron chi connectivity index (χ3n) is 4.93. The molecule has 172 valence electrons. The highest BCUT2D eigenvalue weighted by Crippen LogP contribution is 2.32. The Balaban J connectivity index is 1.62. The number of amides is 2. The summed E-state index contributed by atoms with van der Waals surface area (Å²) < 4.78 is 41.9. The smallest absolute Gasteiger partial charge is 0.262 e. The van der Waals surface area contributed by atoms with E-state index >= 15 is 0 Å². The summed E-state index contributed by atoms with van der Waals surface area (Å²) in [5, 5.41) is 4.36. The molecule has 32 heavy (non-hydrogen) atoms. The van der Waals surface area contributed by atoms with Gasteiger partial charge in [0.15, 0.2) is 27.9 Å². The Morgan fingerprint density at radius 3 is 2.72 bits per heavy atom. The lowest BCUT2D eigenvalue weighted by atomic mass is 10.2. The number of carbonyl (C=O) groups is 2. The second kappa shape index (κ2) is 9.90. The van der Waals surface area contributed by atoms with Gasteiger partial charge in [-0.05, 0) is 49.7 Å². The fourth-order valence-corrected chi connectivity index (χ4v) is 4.59. The molecule has 1 aliphatic heterocycles. The molecule has 2 aromatic carbocycles. The summed E-state index contributed by atoms with van der Waals surface area (Å²) in [4.78, 5) is 23.9. The number of anilines is 1. The van der Waals surface area contributed by atoms with Crippen molar-refractivity contribution < 1.29 is 32.2 Å². The zero-order valence-corrected chi connectivity index (χ0v) is 19.0. The van der Waals surface area contributed by atoms with Crippen LogP contribution in [0.2, 0.25) is 0 Å². The van der Waals surface area contributed by atoms with Crippen molar-refractivity contribution in [3.63, 3.8) is 0 Å². The maximum Gasteiger partial charge on any atom is 0.262 e. The van der Waals surface area contributed by atoms with E-state index in [0.29, 0.717) is 29.5 Å². The molecule has 0 bridgehead atoms. The normalized spacial score (nSPS) is 13.9. The van der Waals surface area contributed by atoms with Gasteiger partial charge in [-0.25, -0.2) is 8.42 Å². The van der Waals surface area contributed by atoms with Gasteiger partial charge in [-0.1, -0.05) is 6.07 Å². The SMILES string of the molecule is CCOc1ccc(CNC(=O)C[C@H](C)S(=O)(=O)c2ccc3c(c2)NC(=O)CO3)cc1OC. The van der Waals surface area contributed by atoms with Gasteiger partial charge in [-0.2, -0.15) is 0 Å². The largest absolute Gasteiger partial charge is 0.493 e. The second-order valence-electron chi connectivity index (χ2n) is 7.25. The highest BCUT2D eigenvalue weighted by Gasteiger charge is 2.27. The Hall–Kier alpha value is -3.27. The summed E-state index contributed by atoms with van der Waals surface area (Å²) in [6.07, 6.45) is -0.212. The third-order valence-corrected chi connectivity index (χ3v) is 7.07. The van der Waals surface area contributed by atoms with E-state index in [1.54, 1.807) is 18.2 Å². The molecule has 0 aliphatic carbocycles. The molecule has 0 aromatic heterocycles. The predicted octanol–water partition coefficient (Wildman–Crippen LogP) is 2.29. The minimum Gasteiger partial charge on any atom is -0.493 e. The molecule has 0 unspecified atom stereocenters. The lowest BCUT2D eigenvalue weighted by Gasteiger charge is -2.19. The van der Waals surface area contributed by atoms with E-state index in [9.17, 15) is 18.0 Å². The van der Waals surface area contributed by atoms with Crippen molar-refractivity contribution in [2.45, 2.75) is 37.0 Å². The molecule has 0 saturated carbocycles. The van der Waals surface area contributed by atoms with E-state index in [4.69, 9.17) is 14.2 Å². The Kier molecular flexibility index (Phi) is 7.24. The van der Waals surface area contributed by atoms with Crippen LogP contribution in [0.3, 0.4) is 0 Å². The van der Waals surface area contributed by atoms with Gasteiger partial charge in [0.05, 0.1) is 29.5 Å². The number of hydrogen-bond donors (Lipinski definition) is 2. The van der Waals surface area contributed by atoms with Crippen LogP contribution in [0, 0.1) is 0 Å². The van der Waals surface area contributed by atoms with Crippen LogP contribution in [-0.4, -0.2) is 45.8 Å². The van der Waals surface area contributed by atoms with Gasteiger partial charge in [-0.3, -0.25) is 9.59 Å². The molecule has 9 nitrogen and oxygen atoms in total. The Morgan fingerprint density at radius 1 is 1.22 bits per heavy atom. The minimum atomic E-state index is -3.79. The third kappa shape index (κ3) is 5.31. The Morgan fingerprint density at radius 2 is 2.00 bits per heavy atom. The van der Waals surface area contributed by atoms with Gasteiger partial charge < -0.3 is 24.8 Å². The lowest BCUT2D eigenvalue weighted by Crippen LogP contribution is -2.30. The van der Waals surface area contributed by atoms with Crippen molar-refractivity contribution >= 4 is 27.3 Å². The van der Waals surface area contributed by atoms with E-state index in [2.05, 4.69) is 10.6 Å². The monoisotopic (exact) mass is 462 g/mol. The van der Waals surface area contributed by atoms with Crippen LogP contribution < -0.4 is 24.8 Å². The molecule has 2 amide bonds. The maximum absolute atomic E-state index is 12.9. The van der Waals surface area contributed by atoms with E-state index < -0.39 is 21.0 Å². The number of benzene rings is 2. The highest BCUT2D eigenvalue weighted by atomic mass is 32.2. The van der Waals surface area contributed by atoms with Gasteiger partial charge in [0, 0.05) is 13.0 Å². The van der Waals surface area contributed by atoms with Crippen molar-refractivity contribution in [2.75, 3.05) is 25.6 Å². The first-order valence-electron chi connectivity index (χ1n) is 10.1. The molecule has 0 spiro atoms. The fourth-order valence-electron chi connectivity index (χ4n) is 3.21. The molecule has 2 aromatic rings. The van der Waals surface area contributed by atoms with E-state index in [1.807, 2.05) is 6.92 Å². The fraction of sp³-hybridized carbons (Fsp3) is 0.364. The number of ether oxygens (including phenoxy) is 3. The Labute approximate surface area is 187 Å². The summed E-state index contributed by atoms with van der Waals surface area (Å²) >= 11 is 0. The lowest BCUT2D eigenvalue weighted by molar-refractivity contribution is -0.121. The topological polar surface area (TPSA) is 120 Å². The molecule has 1 aliphatic rings. The van der Waals surface area contributed by atoms with Crippen LogP contribution in [0.5, 0.6) is 17.2 Å². The van der Waals surface area contributed by atoms with Gasteiger partial charge in [0.1, 0.15) is 5.75 Å². The molecule has 1 heterocycles. The van der Waals surface area contributed by atoms with Crippen molar-refractivity contribution in [1.29, 1.82) is 0 Å². The zero-order valence-electron chi connectivity index (χ0n) is 18.1. The van der Waals surface area contributed by atoms with Crippen molar-refractivity contribution in [1.82, 2.24) is 5.32 Å². The molecular formula is C22H26N2O7S. The number of carbonyl (C=O) groups excluding carboxylic acids is 2. The van der Waals surface area contributed by atoms with Crippen LogP contribution in [0.1, 0.15) is 25.8 Å². The van der Waals surface area contributed by atoms with Gasteiger partial charge in [-0.15, -0.1) is 0 Å². The average molecular weight is 463 g/mol. The van der Waals surface area contributed by atoms with Crippen LogP contribution in [0.15, 0.2) is 41.3 Å². The number of sulfone groups is 1. The van der Waals surface area contributed by atoms with Crippen LogP contribution in [-0.2, 0) is 26.0 Å². The van der Waals surface area contributed by atoms with Crippen LogP contribution in [0.25, 0.3) is 0 Å². The molecule has 0 fully saturated rings. The molecule has 10 heteroatoms. The quantitative estimate of drug-likeness (QED) is 0.587. The molecule has 2 N–H and O–H groups in total. The van der Waals surface area contributed by atoms with Crippen molar-refractivity contribution in [3.05, 3.63) is 42.0 Å². The number of hydrogen-bond acceptors (Lipinski definition) is 7. The number of methoxy groups -OCH3 is 1. The summed E-state index contributed by atoms with van der Waals surface area (Å²) in [5.74, 6) is 0.808. The second-order valence-corrected chi connectivity index (χ2v) is 9.62. The standard InChI is InChI=1S/C22H26N2O7S/c1-4-30-19-7-5-15(10-20(19)29-3)12-23-21(25)9-14(2)32(27,28)16-6-8-18-17(11-16)24-22(26)13-31-18/h5-8,10-11,14H,4,9,12-13H2,1-3H3,(H,23,25)(H,24,26)/t14-/m0/s1. The summed E-state index contributed by atoms with van der Waals surface area (Å²) in [5.41, 5.74) is 1.09. The average Bonchev–Trinajstić information content (AvgIpc) is 2.77. The van der Waals surface area contributed by atoms with Crippen LogP contribution in [0.4, 0.5) is 5.69 Å². The van der Waals surface area contributed by atoms with E-state index in [-0.39, 0.29) is 30.4 Å². The van der Waals surface area contributed by atoms with E-state index in [0.717, 1.165) is 5.56 Å². The first kappa shape index (κ1) is 23.4. The minimum absolute atomic E-state index is 0.0126. The van der Waals surface area contributed by atoms with Crippen molar-refractivity contribution in [2.24, 2.45) is 0 Å². The predicted molar refractivity (Wildman–Crippen MR) is 118 cm³/mol. The first-order chi connectivity index (χ1) is 15.2. The maximum atomic E-state index is 12.9. The van der Waals surface area contributed by atoms with E-state index in [1.165, 1.54) is 32.2 Å². The number of rotatable bonds is 9. The number of fused-ring (bicyclic) bond motifs is 1. The van der Waals surface area contributed by atoms with Gasteiger partial charge in [0.25, 0.3) is 5.91 Å². The first-order valence-corrected chi connectivity index (χ1v) is 11.7. The molecule has 1 atom stereocenters.